The molecule has 0 saturated carbocycles. The average Bonchev–Trinajstić information content (AvgIpc) is 2.45. The van der Waals surface area contributed by atoms with Crippen molar-refractivity contribution >= 4 is 5.91 Å². The van der Waals surface area contributed by atoms with Crippen LogP contribution < -0.4 is 5.32 Å². The molecule has 0 aliphatic carbocycles. The van der Waals surface area contributed by atoms with E-state index in [2.05, 4.69) is 5.32 Å². The van der Waals surface area contributed by atoms with Crippen LogP contribution in [-0.4, -0.2) is 30.1 Å². The molecule has 1 amide bonds. The summed E-state index contributed by atoms with van der Waals surface area (Å²) in [5.74, 6) is 0.595. The molecule has 0 aromatic carbocycles. The van der Waals surface area contributed by atoms with Crippen LogP contribution in [0.4, 0.5) is 0 Å². The Morgan fingerprint density at radius 1 is 1.55 bits per heavy atom. The molecule has 2 aliphatic heterocycles. The number of rotatable bonds is 0. The third-order valence-corrected chi connectivity index (χ3v) is 2.69. The summed E-state index contributed by atoms with van der Waals surface area (Å²) < 4.78 is 0. The highest BCUT2D eigenvalue weighted by Crippen LogP contribution is 2.23. The standard InChI is InChI=1S/C8H14N2O/c1-6-2-3-7-9-4-5-10(7)8(6)11/h6-7,9H,2-5H2,1H3. The first-order chi connectivity index (χ1) is 5.29. The molecule has 2 atom stereocenters. The van der Waals surface area contributed by atoms with Gasteiger partial charge in [0.15, 0.2) is 0 Å². The molecule has 1 N–H and O–H groups in total. The van der Waals surface area contributed by atoms with E-state index in [-0.39, 0.29) is 5.92 Å². The molecule has 0 spiro atoms. The lowest BCUT2D eigenvalue weighted by Gasteiger charge is -2.32. The summed E-state index contributed by atoms with van der Waals surface area (Å²) in [5, 5.41) is 3.31. The third kappa shape index (κ3) is 1.03. The van der Waals surface area contributed by atoms with E-state index in [1.807, 2.05) is 11.8 Å². The zero-order valence-electron chi connectivity index (χ0n) is 6.84. The highest BCUT2D eigenvalue weighted by atomic mass is 16.2. The zero-order chi connectivity index (χ0) is 7.84. The van der Waals surface area contributed by atoms with Gasteiger partial charge in [0, 0.05) is 19.0 Å². The second-order valence-electron chi connectivity index (χ2n) is 3.48. The van der Waals surface area contributed by atoms with Crippen molar-refractivity contribution in [1.29, 1.82) is 0 Å². The lowest BCUT2D eigenvalue weighted by molar-refractivity contribution is -0.139. The number of carbonyl (C=O) groups excluding carboxylic acids is 1. The topological polar surface area (TPSA) is 32.3 Å². The van der Waals surface area contributed by atoms with E-state index in [0.29, 0.717) is 12.1 Å². The molecule has 0 bridgehead atoms. The van der Waals surface area contributed by atoms with Crippen LogP contribution in [0.3, 0.4) is 0 Å². The van der Waals surface area contributed by atoms with Crippen molar-refractivity contribution in [2.75, 3.05) is 13.1 Å². The van der Waals surface area contributed by atoms with Crippen molar-refractivity contribution in [2.45, 2.75) is 25.9 Å². The minimum atomic E-state index is 0.256. The van der Waals surface area contributed by atoms with Crippen molar-refractivity contribution < 1.29 is 4.79 Å². The van der Waals surface area contributed by atoms with Crippen molar-refractivity contribution in [3.63, 3.8) is 0 Å². The quantitative estimate of drug-likeness (QED) is 0.539. The van der Waals surface area contributed by atoms with Gasteiger partial charge in [0.05, 0.1) is 6.17 Å². The van der Waals surface area contributed by atoms with Crippen molar-refractivity contribution in [3.8, 4) is 0 Å². The van der Waals surface area contributed by atoms with E-state index in [0.717, 1.165) is 25.9 Å². The highest BCUT2D eigenvalue weighted by Gasteiger charge is 2.35. The van der Waals surface area contributed by atoms with Gasteiger partial charge in [-0.15, -0.1) is 0 Å². The Hall–Kier alpha value is -0.570. The Bertz CT molecular complexity index is 181. The van der Waals surface area contributed by atoms with E-state index in [1.54, 1.807) is 0 Å². The van der Waals surface area contributed by atoms with Gasteiger partial charge in [-0.2, -0.15) is 0 Å². The van der Waals surface area contributed by atoms with Gasteiger partial charge in [-0.1, -0.05) is 6.92 Å². The number of carbonyl (C=O) groups is 1. The molecular formula is C8H14N2O. The van der Waals surface area contributed by atoms with Gasteiger partial charge in [0.25, 0.3) is 0 Å². The molecule has 3 heteroatoms. The Labute approximate surface area is 66.8 Å². The van der Waals surface area contributed by atoms with Crippen LogP contribution >= 0.6 is 0 Å². The molecule has 2 unspecified atom stereocenters. The second kappa shape index (κ2) is 2.48. The Balaban J connectivity index is 2.12. The Kier molecular flexibility index (Phi) is 1.60. The monoisotopic (exact) mass is 154 g/mol. The summed E-state index contributed by atoms with van der Waals surface area (Å²) in [4.78, 5) is 13.5. The van der Waals surface area contributed by atoms with Crippen LogP contribution in [0.25, 0.3) is 0 Å². The van der Waals surface area contributed by atoms with Gasteiger partial charge >= 0.3 is 0 Å². The van der Waals surface area contributed by atoms with E-state index >= 15 is 0 Å². The van der Waals surface area contributed by atoms with Crippen LogP contribution in [0, 0.1) is 5.92 Å². The summed E-state index contributed by atoms with van der Waals surface area (Å²) >= 11 is 0. The minimum Gasteiger partial charge on any atom is -0.326 e. The van der Waals surface area contributed by atoms with Crippen LogP contribution in [0.15, 0.2) is 0 Å². The number of nitrogens with zero attached hydrogens (tertiary/aromatic N) is 1. The minimum absolute atomic E-state index is 0.256. The molecular weight excluding hydrogens is 140 g/mol. The maximum absolute atomic E-state index is 11.5. The number of hydrogen-bond acceptors (Lipinski definition) is 2. The normalized spacial score (nSPS) is 37.5. The lowest BCUT2D eigenvalue weighted by atomic mass is 9.98. The number of fused-ring (bicyclic) bond motifs is 1. The van der Waals surface area contributed by atoms with Crippen LogP contribution in [0.5, 0.6) is 0 Å². The smallest absolute Gasteiger partial charge is 0.226 e. The van der Waals surface area contributed by atoms with Crippen LogP contribution in [0.2, 0.25) is 0 Å². The van der Waals surface area contributed by atoms with Gasteiger partial charge in [-0.25, -0.2) is 0 Å². The van der Waals surface area contributed by atoms with Gasteiger partial charge in [-0.3, -0.25) is 10.1 Å². The second-order valence-corrected chi connectivity index (χ2v) is 3.48. The molecule has 0 aromatic rings. The first-order valence-corrected chi connectivity index (χ1v) is 4.33. The van der Waals surface area contributed by atoms with Crippen LogP contribution in [0.1, 0.15) is 19.8 Å². The van der Waals surface area contributed by atoms with Gasteiger partial charge in [0.2, 0.25) is 5.91 Å². The highest BCUT2D eigenvalue weighted by molar-refractivity contribution is 5.79. The van der Waals surface area contributed by atoms with E-state index in [4.69, 9.17) is 0 Å². The molecule has 2 fully saturated rings. The van der Waals surface area contributed by atoms with Crippen LogP contribution in [-0.2, 0) is 4.79 Å². The van der Waals surface area contributed by atoms with E-state index in [1.165, 1.54) is 0 Å². The number of amides is 1. The molecule has 0 aromatic heterocycles. The van der Waals surface area contributed by atoms with Crippen molar-refractivity contribution in [3.05, 3.63) is 0 Å². The number of hydrogen-bond donors (Lipinski definition) is 1. The number of piperidine rings is 1. The van der Waals surface area contributed by atoms with Crippen molar-refractivity contribution in [1.82, 2.24) is 10.2 Å². The predicted molar refractivity (Wildman–Crippen MR) is 41.9 cm³/mol. The molecule has 2 rings (SSSR count). The molecule has 2 aliphatic rings. The third-order valence-electron chi connectivity index (χ3n) is 2.69. The fourth-order valence-corrected chi connectivity index (χ4v) is 1.95. The lowest BCUT2D eigenvalue weighted by Crippen LogP contribution is -2.46. The fourth-order valence-electron chi connectivity index (χ4n) is 1.95. The molecule has 11 heavy (non-hydrogen) atoms. The average molecular weight is 154 g/mol. The summed E-state index contributed by atoms with van der Waals surface area (Å²) in [7, 11) is 0. The van der Waals surface area contributed by atoms with E-state index < -0.39 is 0 Å². The largest absolute Gasteiger partial charge is 0.326 e. The first kappa shape index (κ1) is 7.10. The molecule has 3 nitrogen and oxygen atoms in total. The van der Waals surface area contributed by atoms with E-state index in [9.17, 15) is 4.79 Å². The fraction of sp³-hybridized carbons (Fsp3) is 0.875. The maximum Gasteiger partial charge on any atom is 0.226 e. The summed E-state index contributed by atoms with van der Waals surface area (Å²) in [5.41, 5.74) is 0. The van der Waals surface area contributed by atoms with Gasteiger partial charge in [-0.05, 0) is 12.8 Å². The molecule has 0 radical (unpaired) electrons. The first-order valence-electron chi connectivity index (χ1n) is 4.33. The van der Waals surface area contributed by atoms with Gasteiger partial charge in [0.1, 0.15) is 0 Å². The Morgan fingerprint density at radius 3 is 3.18 bits per heavy atom. The zero-order valence-corrected chi connectivity index (χ0v) is 6.84. The summed E-state index contributed by atoms with van der Waals surface area (Å²) in [6.45, 7) is 3.91. The molecule has 62 valence electrons. The molecule has 2 heterocycles. The predicted octanol–water partition coefficient (Wildman–Crippen LogP) is 0.174. The summed E-state index contributed by atoms with van der Waals surface area (Å²) in [6.07, 6.45) is 2.54. The molecule has 2 saturated heterocycles. The Morgan fingerprint density at radius 2 is 2.36 bits per heavy atom. The SMILES string of the molecule is CC1CCC2NCCN2C1=O. The number of nitrogens with one attached hydrogen (secondary N) is 1. The maximum atomic E-state index is 11.5. The van der Waals surface area contributed by atoms with Crippen molar-refractivity contribution in [2.24, 2.45) is 5.92 Å². The van der Waals surface area contributed by atoms with Gasteiger partial charge < -0.3 is 4.90 Å². The summed E-state index contributed by atoms with van der Waals surface area (Å²) in [6, 6.07) is 0.